The van der Waals surface area contributed by atoms with Crippen LogP contribution in [0.1, 0.15) is 100 Å². The summed E-state index contributed by atoms with van der Waals surface area (Å²) in [5.74, 6) is 2.69. The molecule has 11 nitrogen and oxygen atoms in total. The molecule has 324 valence electrons. The van der Waals surface area contributed by atoms with Crippen LogP contribution in [0, 0.1) is 0 Å². The number of fused-ring (bicyclic) bond motifs is 1. The van der Waals surface area contributed by atoms with E-state index in [2.05, 4.69) is 114 Å². The largest absolute Gasteiger partial charge is 0.456 e. The second kappa shape index (κ2) is 18.6. The number of amides is 2. The first-order valence-corrected chi connectivity index (χ1v) is 22.8. The summed E-state index contributed by atoms with van der Waals surface area (Å²) in [6.07, 6.45) is 7.39. The molecule has 4 atom stereocenters. The van der Waals surface area contributed by atoms with Gasteiger partial charge in [0, 0.05) is 29.6 Å². The van der Waals surface area contributed by atoms with Crippen LogP contribution in [0.5, 0.6) is 0 Å². The Morgan fingerprint density at radius 1 is 0.619 bits per heavy atom. The molecule has 3 aromatic heterocycles. The molecule has 0 spiro atoms. The molecule has 2 fully saturated rings. The first kappa shape index (κ1) is 42.0. The highest BCUT2D eigenvalue weighted by Gasteiger charge is 2.39. The number of rotatable bonds is 15. The van der Waals surface area contributed by atoms with Crippen LogP contribution >= 0.6 is 0 Å². The summed E-state index contributed by atoms with van der Waals surface area (Å²) in [5, 5.41) is 0.995. The van der Waals surface area contributed by atoms with Crippen LogP contribution in [-0.2, 0) is 9.59 Å². The summed E-state index contributed by atoms with van der Waals surface area (Å²) < 4.78 is 6.37. The van der Waals surface area contributed by atoms with Gasteiger partial charge < -0.3 is 24.2 Å². The summed E-state index contributed by atoms with van der Waals surface area (Å²) in [6.45, 7) is 13.1. The van der Waals surface area contributed by atoms with Gasteiger partial charge in [-0.15, -0.1) is 0 Å². The van der Waals surface area contributed by atoms with Crippen molar-refractivity contribution in [3.8, 4) is 33.8 Å². The minimum Gasteiger partial charge on any atom is -0.456 e. The summed E-state index contributed by atoms with van der Waals surface area (Å²) in [6, 6.07) is 36.0. The molecule has 0 unspecified atom stereocenters. The second-order valence-corrected chi connectivity index (χ2v) is 16.8. The van der Waals surface area contributed by atoms with Gasteiger partial charge in [0.1, 0.15) is 35.1 Å². The average Bonchev–Trinajstić information content (AvgIpc) is 4.19. The maximum atomic E-state index is 14.3. The van der Waals surface area contributed by atoms with E-state index < -0.39 is 0 Å². The molecule has 7 aromatic rings. The van der Waals surface area contributed by atoms with Gasteiger partial charge >= 0.3 is 0 Å². The van der Waals surface area contributed by atoms with E-state index in [1.54, 1.807) is 0 Å². The fourth-order valence-corrected chi connectivity index (χ4v) is 9.88. The second-order valence-electron chi connectivity index (χ2n) is 16.8. The van der Waals surface area contributed by atoms with Crippen molar-refractivity contribution in [1.29, 1.82) is 0 Å². The minimum absolute atomic E-state index is 0.0991. The number of carbonyl (C=O) groups is 2. The first-order valence-electron chi connectivity index (χ1n) is 22.8. The molecule has 0 radical (unpaired) electrons. The molecule has 2 N–H and O–H groups in total. The van der Waals surface area contributed by atoms with Gasteiger partial charge in [-0.3, -0.25) is 19.4 Å². The summed E-state index contributed by atoms with van der Waals surface area (Å²) in [7, 11) is 0. The number of furan rings is 1. The smallest absolute Gasteiger partial charge is 0.245 e. The number of carbonyl (C=O) groups excluding carboxylic acids is 2. The predicted octanol–water partition coefficient (Wildman–Crippen LogP) is 10.4. The lowest BCUT2D eigenvalue weighted by atomic mass is 10.0. The van der Waals surface area contributed by atoms with E-state index in [0.29, 0.717) is 6.54 Å². The van der Waals surface area contributed by atoms with E-state index in [1.165, 1.54) is 0 Å². The summed E-state index contributed by atoms with van der Waals surface area (Å²) >= 11 is 0. The molecule has 0 aliphatic carbocycles. The third-order valence-corrected chi connectivity index (χ3v) is 13.3. The molecule has 0 saturated carbocycles. The van der Waals surface area contributed by atoms with Gasteiger partial charge in [0.15, 0.2) is 0 Å². The Morgan fingerprint density at radius 2 is 1.08 bits per heavy atom. The molecule has 5 heterocycles. The number of nitrogens with one attached hydrogen (secondary N) is 2. The number of hydrogen-bond acceptors (Lipinski definition) is 7. The Kier molecular flexibility index (Phi) is 12.4. The maximum Gasteiger partial charge on any atom is 0.245 e. The third-order valence-electron chi connectivity index (χ3n) is 13.3. The topological polar surface area (TPSA) is 118 Å². The van der Waals surface area contributed by atoms with Crippen LogP contribution in [0.2, 0.25) is 0 Å². The van der Waals surface area contributed by atoms with Crippen LogP contribution in [-0.4, -0.2) is 90.6 Å². The predicted molar refractivity (Wildman–Crippen MR) is 248 cm³/mol. The standard InChI is InChI=1S/C52H58N8O3/c1-5-57(6-2)47(37-17-11-9-12-18-37)51(61)59-29-15-21-43(59)49-53-33-41(55-49)35-23-25-36(26-24-35)46-32-40-31-39(27-28-45(40)63-46)42-34-54-50(56-42)44-22-16-30-60(44)52(62)48(58(7-3)8-4)38-19-13-10-14-20-38/h9-14,17-20,23-28,31-34,43-44,47-48H,5-8,15-16,21-22,29-30H2,1-4H3,(H,53,55)(H,54,56)/t43-,44-,47+,48+/m0/s1. The van der Waals surface area contributed by atoms with Crippen LogP contribution in [0.4, 0.5) is 0 Å². The van der Waals surface area contributed by atoms with E-state index >= 15 is 0 Å². The lowest BCUT2D eigenvalue weighted by molar-refractivity contribution is -0.139. The highest BCUT2D eigenvalue weighted by molar-refractivity contribution is 5.87. The lowest BCUT2D eigenvalue weighted by Crippen LogP contribution is -2.43. The molecule has 63 heavy (non-hydrogen) atoms. The Morgan fingerprint density at radius 3 is 1.57 bits per heavy atom. The number of imidazole rings is 2. The number of hydrogen-bond donors (Lipinski definition) is 2. The van der Waals surface area contributed by atoms with Crippen molar-refractivity contribution in [3.05, 3.63) is 144 Å². The third kappa shape index (κ3) is 8.35. The number of nitrogens with zero attached hydrogens (tertiary/aromatic N) is 6. The van der Waals surface area contributed by atoms with Gasteiger partial charge in [0.05, 0.1) is 35.9 Å². The number of benzene rings is 4. The maximum absolute atomic E-state index is 14.3. The lowest BCUT2D eigenvalue weighted by Gasteiger charge is -2.34. The molecule has 11 heteroatoms. The zero-order valence-electron chi connectivity index (χ0n) is 36.8. The molecule has 2 aliphatic rings. The molecule has 2 aliphatic heterocycles. The van der Waals surface area contributed by atoms with Crippen LogP contribution in [0.15, 0.2) is 126 Å². The zero-order chi connectivity index (χ0) is 43.5. The van der Waals surface area contributed by atoms with Gasteiger partial charge in [-0.05, 0) is 92.8 Å². The van der Waals surface area contributed by atoms with Gasteiger partial charge in [-0.1, -0.05) is 113 Å². The van der Waals surface area contributed by atoms with E-state index in [9.17, 15) is 9.59 Å². The van der Waals surface area contributed by atoms with Gasteiger partial charge in [0.2, 0.25) is 11.8 Å². The number of aromatic amines is 2. The number of aromatic nitrogens is 4. The van der Waals surface area contributed by atoms with Crippen LogP contribution in [0.25, 0.3) is 44.8 Å². The van der Waals surface area contributed by atoms with Crippen molar-refractivity contribution >= 4 is 22.8 Å². The normalized spacial score (nSPS) is 17.6. The van der Waals surface area contributed by atoms with Crippen molar-refractivity contribution in [3.63, 3.8) is 0 Å². The van der Waals surface area contributed by atoms with Crippen molar-refractivity contribution in [2.24, 2.45) is 0 Å². The van der Waals surface area contributed by atoms with Crippen LogP contribution < -0.4 is 0 Å². The van der Waals surface area contributed by atoms with Gasteiger partial charge in [0.25, 0.3) is 0 Å². The van der Waals surface area contributed by atoms with Gasteiger partial charge in [-0.25, -0.2) is 9.97 Å². The molecule has 0 bridgehead atoms. The van der Waals surface area contributed by atoms with Crippen molar-refractivity contribution in [2.45, 2.75) is 77.5 Å². The Labute approximate surface area is 370 Å². The van der Waals surface area contributed by atoms with Gasteiger partial charge in [-0.2, -0.15) is 0 Å². The quantitative estimate of drug-likeness (QED) is 0.106. The highest BCUT2D eigenvalue weighted by atomic mass is 16.3. The average molecular weight is 843 g/mol. The molecule has 2 saturated heterocycles. The molecule has 9 rings (SSSR count). The van der Waals surface area contributed by atoms with Crippen molar-refractivity contribution in [2.75, 3.05) is 39.3 Å². The Bertz CT molecular complexity index is 2630. The molecule has 2 amide bonds. The Hall–Kier alpha value is -6.30. The Balaban J connectivity index is 0.891. The number of likely N-dealkylation sites (N-methyl/N-ethyl adjacent to an activating group) is 2. The van der Waals surface area contributed by atoms with E-state index in [-0.39, 0.29) is 36.0 Å². The monoisotopic (exact) mass is 842 g/mol. The van der Waals surface area contributed by atoms with Crippen molar-refractivity contribution < 1.29 is 14.0 Å². The summed E-state index contributed by atoms with van der Waals surface area (Å²) in [4.78, 5) is 54.0. The van der Waals surface area contributed by atoms with E-state index in [1.807, 2.05) is 64.7 Å². The van der Waals surface area contributed by atoms with E-state index in [4.69, 9.17) is 14.4 Å². The molecule has 4 aromatic carbocycles. The fourth-order valence-electron chi connectivity index (χ4n) is 9.88. The van der Waals surface area contributed by atoms with Crippen LogP contribution in [0.3, 0.4) is 0 Å². The van der Waals surface area contributed by atoms with E-state index in [0.717, 1.165) is 126 Å². The summed E-state index contributed by atoms with van der Waals surface area (Å²) in [5.41, 5.74) is 7.67. The number of H-pyrrole nitrogens is 2. The zero-order valence-corrected chi connectivity index (χ0v) is 36.8. The first-order chi connectivity index (χ1) is 30.9. The minimum atomic E-state index is -0.327. The highest BCUT2D eigenvalue weighted by Crippen LogP contribution is 2.38. The molecular formula is C52H58N8O3. The SMILES string of the molecule is CCN(CC)[C@@H](C(=O)N1CCC[C@H]1c1ncc(-c2ccc(-c3cc4cc(-c5cnc([C@@H]6CCCN6C(=O)[C@@H](c6ccccc6)N(CC)CC)[nH]5)ccc4o3)cc2)[nH]1)c1ccccc1. The van der Waals surface area contributed by atoms with Crippen molar-refractivity contribution in [1.82, 2.24) is 39.5 Å². The molecular weight excluding hydrogens is 785 g/mol. The fraction of sp³-hybridized carbons (Fsp3) is 0.346. The number of likely N-dealkylation sites (tertiary alicyclic amines) is 2.